The maximum atomic E-state index is 4.64. The van der Waals surface area contributed by atoms with Gasteiger partial charge in [-0.1, -0.05) is 0 Å². The molecule has 0 saturated heterocycles. The van der Waals surface area contributed by atoms with E-state index in [-0.39, 0.29) is 0 Å². The number of aromatic amines is 1. The summed E-state index contributed by atoms with van der Waals surface area (Å²) >= 11 is 0. The van der Waals surface area contributed by atoms with E-state index in [0.717, 1.165) is 36.4 Å². The zero-order chi connectivity index (χ0) is 12.2. The number of nitrogens with zero attached hydrogens (tertiary/aromatic N) is 3. The molecule has 2 aromatic rings. The number of hydrogen-bond acceptors (Lipinski definition) is 3. The van der Waals surface area contributed by atoms with Crippen molar-refractivity contribution in [1.82, 2.24) is 15.2 Å². The minimum atomic E-state index is 0.893. The zero-order valence-corrected chi connectivity index (χ0v) is 10.0. The van der Waals surface area contributed by atoms with Crippen molar-refractivity contribution in [2.24, 2.45) is 4.99 Å². The van der Waals surface area contributed by atoms with Crippen molar-refractivity contribution in [1.29, 1.82) is 0 Å². The van der Waals surface area contributed by atoms with Gasteiger partial charge in [-0.2, -0.15) is 5.10 Å². The maximum absolute atomic E-state index is 4.64. The molecular weight excluding hydrogens is 224 g/mol. The summed E-state index contributed by atoms with van der Waals surface area (Å²) in [5, 5.41) is 6.92. The van der Waals surface area contributed by atoms with Gasteiger partial charge in [0.15, 0.2) is 0 Å². The number of nitrogens with one attached hydrogen (secondary N) is 1. The normalized spacial score (nSPS) is 17.8. The summed E-state index contributed by atoms with van der Waals surface area (Å²) < 4.78 is 0. The second kappa shape index (κ2) is 4.96. The Morgan fingerprint density at radius 2 is 2.22 bits per heavy atom. The fourth-order valence-electron chi connectivity index (χ4n) is 2.14. The van der Waals surface area contributed by atoms with Gasteiger partial charge >= 0.3 is 0 Å². The summed E-state index contributed by atoms with van der Waals surface area (Å²) in [5.74, 6) is 0. The monoisotopic (exact) mass is 238 g/mol. The van der Waals surface area contributed by atoms with Crippen LogP contribution in [-0.2, 0) is 0 Å². The van der Waals surface area contributed by atoms with Gasteiger partial charge in [-0.25, -0.2) is 0 Å². The van der Waals surface area contributed by atoms with Crippen LogP contribution in [0.3, 0.4) is 0 Å². The summed E-state index contributed by atoms with van der Waals surface area (Å²) in [5.41, 5.74) is 4.41. The molecule has 0 unspecified atom stereocenters. The second-order valence-electron chi connectivity index (χ2n) is 4.26. The molecule has 0 bridgehead atoms. The Morgan fingerprint density at radius 3 is 3.00 bits per heavy atom. The fraction of sp³-hybridized carbons (Fsp3) is 0.214. The number of hydrogen-bond donors (Lipinski definition) is 1. The topological polar surface area (TPSA) is 53.9 Å². The van der Waals surface area contributed by atoms with E-state index in [1.807, 2.05) is 18.3 Å². The first kappa shape index (κ1) is 10.9. The number of pyridine rings is 1. The number of allylic oxidation sites excluding steroid dienone is 1. The largest absolute Gasteiger partial charge is 0.284 e. The highest BCUT2D eigenvalue weighted by atomic mass is 15.1. The van der Waals surface area contributed by atoms with Crippen LogP contribution < -0.4 is 0 Å². The van der Waals surface area contributed by atoms with E-state index in [9.17, 15) is 0 Å². The van der Waals surface area contributed by atoms with Gasteiger partial charge in [-0.05, 0) is 42.7 Å². The first-order chi connectivity index (χ1) is 8.93. The molecule has 0 atom stereocenters. The SMILES string of the molecule is C(=C1/CCCN=C1c1cccnc1)/c1ccn[nH]1. The molecule has 0 amide bonds. The van der Waals surface area contributed by atoms with Gasteiger partial charge in [-0.3, -0.25) is 15.1 Å². The molecular formula is C14H14N4. The van der Waals surface area contributed by atoms with Gasteiger partial charge in [0, 0.05) is 30.7 Å². The average molecular weight is 238 g/mol. The van der Waals surface area contributed by atoms with E-state index in [1.165, 1.54) is 5.57 Å². The predicted octanol–water partition coefficient (Wildman–Crippen LogP) is 2.47. The quantitative estimate of drug-likeness (QED) is 0.873. The minimum Gasteiger partial charge on any atom is -0.284 e. The number of aromatic nitrogens is 3. The molecule has 3 heterocycles. The van der Waals surface area contributed by atoms with Gasteiger partial charge in [0.05, 0.1) is 11.4 Å². The summed E-state index contributed by atoms with van der Waals surface area (Å²) in [6, 6.07) is 5.96. The molecule has 4 nitrogen and oxygen atoms in total. The van der Waals surface area contributed by atoms with E-state index in [4.69, 9.17) is 0 Å². The van der Waals surface area contributed by atoms with Crippen LogP contribution >= 0.6 is 0 Å². The lowest BCUT2D eigenvalue weighted by Crippen LogP contribution is -2.11. The Hall–Kier alpha value is -2.23. The molecule has 3 rings (SSSR count). The fourth-order valence-corrected chi connectivity index (χ4v) is 2.14. The first-order valence-electron chi connectivity index (χ1n) is 6.08. The van der Waals surface area contributed by atoms with Gasteiger partial charge in [0.1, 0.15) is 0 Å². The van der Waals surface area contributed by atoms with Crippen molar-refractivity contribution < 1.29 is 0 Å². The molecule has 0 saturated carbocycles. The second-order valence-corrected chi connectivity index (χ2v) is 4.26. The smallest absolute Gasteiger partial charge is 0.0694 e. The van der Waals surface area contributed by atoms with E-state index in [2.05, 4.69) is 32.3 Å². The van der Waals surface area contributed by atoms with E-state index in [1.54, 1.807) is 12.4 Å². The van der Waals surface area contributed by atoms with E-state index in [0.29, 0.717) is 0 Å². The molecule has 0 fully saturated rings. The summed E-state index contributed by atoms with van der Waals surface area (Å²) in [6.07, 6.45) is 9.68. The van der Waals surface area contributed by atoms with Crippen LogP contribution in [0.5, 0.6) is 0 Å². The summed E-state index contributed by atoms with van der Waals surface area (Å²) in [6.45, 7) is 0.893. The van der Waals surface area contributed by atoms with Crippen molar-refractivity contribution in [3.63, 3.8) is 0 Å². The highest BCUT2D eigenvalue weighted by Crippen LogP contribution is 2.21. The lowest BCUT2D eigenvalue weighted by atomic mass is 9.96. The number of H-pyrrole nitrogens is 1. The molecule has 1 aliphatic heterocycles. The van der Waals surface area contributed by atoms with Gasteiger partial charge in [-0.15, -0.1) is 0 Å². The molecule has 18 heavy (non-hydrogen) atoms. The van der Waals surface area contributed by atoms with E-state index >= 15 is 0 Å². The molecule has 1 N–H and O–H groups in total. The van der Waals surface area contributed by atoms with Crippen LogP contribution in [0.4, 0.5) is 0 Å². The van der Waals surface area contributed by atoms with Crippen LogP contribution in [0.2, 0.25) is 0 Å². The lowest BCUT2D eigenvalue weighted by molar-refractivity contribution is 0.818. The summed E-state index contributed by atoms with van der Waals surface area (Å²) in [4.78, 5) is 8.80. The molecule has 0 spiro atoms. The van der Waals surface area contributed by atoms with Gasteiger partial charge in [0.2, 0.25) is 0 Å². The maximum Gasteiger partial charge on any atom is 0.0694 e. The van der Waals surface area contributed by atoms with Gasteiger partial charge < -0.3 is 0 Å². The third-order valence-corrected chi connectivity index (χ3v) is 2.97. The molecule has 0 aliphatic carbocycles. The Morgan fingerprint density at radius 1 is 1.22 bits per heavy atom. The van der Waals surface area contributed by atoms with Crippen LogP contribution in [0.25, 0.3) is 6.08 Å². The molecule has 2 aromatic heterocycles. The first-order valence-corrected chi connectivity index (χ1v) is 6.08. The third-order valence-electron chi connectivity index (χ3n) is 2.97. The molecule has 4 heteroatoms. The number of rotatable bonds is 2. The third kappa shape index (κ3) is 2.22. The standard InChI is InChI=1S/C14H14N4/c1-4-12(10-15-6-1)14-11(3-2-7-16-14)9-13-5-8-17-18-13/h1,4-6,8-10H,2-3,7H2,(H,17,18)/b11-9+. The predicted molar refractivity (Wildman–Crippen MR) is 71.4 cm³/mol. The van der Waals surface area contributed by atoms with Crippen molar-refractivity contribution in [2.45, 2.75) is 12.8 Å². The Kier molecular flexibility index (Phi) is 3.00. The van der Waals surface area contributed by atoms with Crippen molar-refractivity contribution >= 4 is 11.8 Å². The van der Waals surface area contributed by atoms with Crippen LogP contribution in [0, 0.1) is 0 Å². The summed E-state index contributed by atoms with van der Waals surface area (Å²) in [7, 11) is 0. The Balaban J connectivity index is 1.99. The average Bonchev–Trinajstić information content (AvgIpc) is 2.93. The van der Waals surface area contributed by atoms with Crippen molar-refractivity contribution in [3.8, 4) is 0 Å². The molecule has 90 valence electrons. The Labute approximate surface area is 105 Å². The van der Waals surface area contributed by atoms with Crippen molar-refractivity contribution in [2.75, 3.05) is 6.54 Å². The zero-order valence-electron chi connectivity index (χ0n) is 10.0. The van der Waals surface area contributed by atoms with Crippen molar-refractivity contribution in [3.05, 3.63) is 53.6 Å². The lowest BCUT2D eigenvalue weighted by Gasteiger charge is -2.15. The Bertz CT molecular complexity index is 567. The molecule has 0 aromatic carbocycles. The van der Waals surface area contributed by atoms with Crippen LogP contribution in [0.1, 0.15) is 24.1 Å². The highest BCUT2D eigenvalue weighted by Gasteiger charge is 2.14. The molecule has 0 radical (unpaired) electrons. The van der Waals surface area contributed by atoms with Crippen LogP contribution in [-0.4, -0.2) is 27.4 Å². The molecule has 1 aliphatic rings. The minimum absolute atomic E-state index is 0.893. The van der Waals surface area contributed by atoms with E-state index < -0.39 is 0 Å². The number of aliphatic imine (C=N–C) groups is 1. The van der Waals surface area contributed by atoms with Gasteiger partial charge in [0.25, 0.3) is 0 Å². The highest BCUT2D eigenvalue weighted by molar-refractivity contribution is 6.15. The van der Waals surface area contributed by atoms with Crippen LogP contribution in [0.15, 0.2) is 47.4 Å².